The Morgan fingerprint density at radius 3 is 2.58 bits per heavy atom. The molecule has 12 heteroatoms. The first-order chi connectivity index (χ1) is 14.7. The van der Waals surface area contributed by atoms with Crippen LogP contribution in [0.25, 0.3) is 10.9 Å². The molecule has 0 saturated carbocycles. The number of rotatable bonds is 9. The summed E-state index contributed by atoms with van der Waals surface area (Å²) in [7, 11) is 0. The quantitative estimate of drug-likeness (QED) is 0.402. The van der Waals surface area contributed by atoms with Crippen LogP contribution in [0.2, 0.25) is 0 Å². The van der Waals surface area contributed by atoms with Gasteiger partial charge < -0.3 is 22.1 Å². The Hall–Kier alpha value is -3.41. The summed E-state index contributed by atoms with van der Waals surface area (Å²) in [6, 6.07) is 4.43. The van der Waals surface area contributed by atoms with Crippen molar-refractivity contribution in [2.75, 3.05) is 10.6 Å². The maximum atomic E-state index is 13.2. The number of nitrogens with two attached hydrogens (primary N) is 2. The fourth-order valence-electron chi connectivity index (χ4n) is 3.13. The zero-order chi connectivity index (χ0) is 22.7. The lowest BCUT2D eigenvalue weighted by atomic mass is 9.99. The van der Waals surface area contributed by atoms with Crippen molar-refractivity contribution < 1.29 is 13.6 Å². The SMILES string of the molecule is CC(C)C[C@H](Nc1nnc(C(N)=O)c(Nc2ccc3cnn(C(F)F)c3c2)n1)[C@H](C)N. The molecule has 0 fully saturated rings. The van der Waals surface area contributed by atoms with Gasteiger partial charge in [-0.05, 0) is 37.5 Å². The van der Waals surface area contributed by atoms with Gasteiger partial charge >= 0.3 is 6.55 Å². The molecule has 3 rings (SSSR count). The molecule has 6 N–H and O–H groups in total. The molecule has 1 amide bonds. The van der Waals surface area contributed by atoms with Gasteiger partial charge in [-0.1, -0.05) is 13.8 Å². The minimum absolute atomic E-state index is 0.0421. The summed E-state index contributed by atoms with van der Waals surface area (Å²) in [6.45, 7) is 3.21. The van der Waals surface area contributed by atoms with Crippen LogP contribution in [0.4, 0.5) is 26.2 Å². The highest BCUT2D eigenvalue weighted by Gasteiger charge is 2.20. The Kier molecular flexibility index (Phi) is 6.59. The maximum absolute atomic E-state index is 13.2. The zero-order valence-electron chi connectivity index (χ0n) is 17.4. The van der Waals surface area contributed by atoms with Gasteiger partial charge in [0, 0.05) is 23.2 Å². The molecule has 166 valence electrons. The van der Waals surface area contributed by atoms with Crippen LogP contribution in [0.15, 0.2) is 24.4 Å². The van der Waals surface area contributed by atoms with E-state index < -0.39 is 12.5 Å². The van der Waals surface area contributed by atoms with E-state index in [1.165, 1.54) is 12.3 Å². The Morgan fingerprint density at radius 2 is 1.97 bits per heavy atom. The van der Waals surface area contributed by atoms with Crippen LogP contribution in [0.5, 0.6) is 0 Å². The standard InChI is InChI=1S/C19H25F2N9O/c1-9(2)6-13(10(3)22)26-19-27-17(15(16(23)31)28-29-19)25-12-5-4-11-8-24-30(18(20)21)14(11)7-12/h4-5,7-10,13,18H,6,22H2,1-3H3,(H2,23,31)(H2,25,26,27,29)/t10-,13-/m0/s1. The molecule has 10 nitrogen and oxygen atoms in total. The summed E-state index contributed by atoms with van der Waals surface area (Å²) in [4.78, 5) is 16.1. The number of anilines is 3. The number of benzene rings is 1. The average Bonchev–Trinajstić information content (AvgIpc) is 3.10. The van der Waals surface area contributed by atoms with Gasteiger partial charge in [-0.15, -0.1) is 10.2 Å². The lowest BCUT2D eigenvalue weighted by Gasteiger charge is -2.24. The topological polar surface area (TPSA) is 150 Å². The number of primary amides is 1. The normalized spacial score (nSPS) is 13.5. The van der Waals surface area contributed by atoms with Gasteiger partial charge in [-0.25, -0.2) is 4.68 Å². The van der Waals surface area contributed by atoms with Crippen molar-refractivity contribution in [1.82, 2.24) is 25.0 Å². The first-order valence-electron chi connectivity index (χ1n) is 9.74. The third-order valence-corrected chi connectivity index (χ3v) is 4.64. The fourth-order valence-corrected chi connectivity index (χ4v) is 3.13. The van der Waals surface area contributed by atoms with E-state index in [0.717, 1.165) is 6.42 Å². The van der Waals surface area contributed by atoms with Gasteiger partial charge in [0.2, 0.25) is 5.95 Å². The molecule has 3 aromatic rings. The van der Waals surface area contributed by atoms with Crippen LogP contribution in [0.3, 0.4) is 0 Å². The maximum Gasteiger partial charge on any atom is 0.333 e. The lowest BCUT2D eigenvalue weighted by molar-refractivity contribution is 0.0615. The molecular weight excluding hydrogens is 408 g/mol. The number of nitrogens with zero attached hydrogens (tertiary/aromatic N) is 5. The second-order valence-electron chi connectivity index (χ2n) is 7.70. The highest BCUT2D eigenvalue weighted by atomic mass is 19.3. The predicted molar refractivity (Wildman–Crippen MR) is 113 cm³/mol. The second kappa shape index (κ2) is 9.16. The van der Waals surface area contributed by atoms with E-state index in [1.807, 2.05) is 6.92 Å². The highest BCUT2D eigenvalue weighted by molar-refractivity contribution is 5.96. The Labute approximate surface area is 177 Å². The van der Waals surface area contributed by atoms with Gasteiger partial charge in [0.1, 0.15) is 0 Å². The molecule has 0 saturated heterocycles. The summed E-state index contributed by atoms with van der Waals surface area (Å²) >= 11 is 0. The largest absolute Gasteiger partial charge is 0.364 e. The second-order valence-corrected chi connectivity index (χ2v) is 7.70. The summed E-state index contributed by atoms with van der Waals surface area (Å²) < 4.78 is 26.9. The van der Waals surface area contributed by atoms with Crippen molar-refractivity contribution in [3.63, 3.8) is 0 Å². The van der Waals surface area contributed by atoms with Crippen LogP contribution in [-0.2, 0) is 0 Å². The first kappa shape index (κ1) is 22.3. The lowest BCUT2D eigenvalue weighted by Crippen LogP contribution is -2.39. The van der Waals surface area contributed by atoms with E-state index in [1.54, 1.807) is 12.1 Å². The molecule has 2 atom stereocenters. The zero-order valence-corrected chi connectivity index (χ0v) is 17.4. The van der Waals surface area contributed by atoms with Crippen molar-refractivity contribution in [3.05, 3.63) is 30.1 Å². The van der Waals surface area contributed by atoms with Crippen LogP contribution >= 0.6 is 0 Å². The van der Waals surface area contributed by atoms with E-state index in [4.69, 9.17) is 11.5 Å². The Bertz CT molecular complexity index is 1070. The van der Waals surface area contributed by atoms with E-state index in [0.29, 0.717) is 21.7 Å². The molecule has 0 unspecified atom stereocenters. The van der Waals surface area contributed by atoms with E-state index in [9.17, 15) is 13.6 Å². The summed E-state index contributed by atoms with van der Waals surface area (Å²) in [5.74, 6) is -0.251. The minimum atomic E-state index is -2.79. The third-order valence-electron chi connectivity index (χ3n) is 4.64. The number of carbonyl (C=O) groups excluding carboxylic acids is 1. The van der Waals surface area contributed by atoms with Crippen molar-refractivity contribution >= 4 is 34.3 Å². The van der Waals surface area contributed by atoms with Gasteiger partial charge in [0.05, 0.1) is 11.7 Å². The van der Waals surface area contributed by atoms with E-state index in [-0.39, 0.29) is 35.1 Å². The van der Waals surface area contributed by atoms with Gasteiger partial charge in [-0.3, -0.25) is 4.79 Å². The van der Waals surface area contributed by atoms with Gasteiger partial charge in [0.25, 0.3) is 5.91 Å². The van der Waals surface area contributed by atoms with Crippen molar-refractivity contribution in [1.29, 1.82) is 0 Å². The van der Waals surface area contributed by atoms with Crippen molar-refractivity contribution in [3.8, 4) is 0 Å². The van der Waals surface area contributed by atoms with Crippen molar-refractivity contribution in [2.24, 2.45) is 17.4 Å². The number of hydrogen-bond donors (Lipinski definition) is 4. The Balaban J connectivity index is 1.94. The number of carbonyl (C=O) groups is 1. The van der Waals surface area contributed by atoms with Crippen LogP contribution in [0, 0.1) is 5.92 Å². The molecule has 0 aliphatic rings. The average molecular weight is 433 g/mol. The first-order valence-corrected chi connectivity index (χ1v) is 9.74. The molecule has 2 heterocycles. The molecule has 0 radical (unpaired) electrons. The monoisotopic (exact) mass is 433 g/mol. The molecular formula is C19H25F2N9O. The van der Waals surface area contributed by atoms with Crippen LogP contribution in [-0.4, -0.2) is 43.0 Å². The number of fused-ring (bicyclic) bond motifs is 1. The molecule has 1 aromatic carbocycles. The summed E-state index contributed by atoms with van der Waals surface area (Å²) in [5, 5.41) is 18.1. The summed E-state index contributed by atoms with van der Waals surface area (Å²) in [6.07, 6.45) is 2.12. The van der Waals surface area contributed by atoms with Crippen molar-refractivity contribution in [2.45, 2.75) is 45.8 Å². The smallest absolute Gasteiger partial charge is 0.333 e. The minimum Gasteiger partial charge on any atom is -0.364 e. The number of halogens is 2. The highest BCUT2D eigenvalue weighted by Crippen LogP contribution is 2.26. The molecule has 0 spiro atoms. The van der Waals surface area contributed by atoms with E-state index >= 15 is 0 Å². The number of aromatic nitrogens is 5. The van der Waals surface area contributed by atoms with Gasteiger partial charge in [0.15, 0.2) is 11.5 Å². The Morgan fingerprint density at radius 1 is 1.23 bits per heavy atom. The molecule has 0 aliphatic carbocycles. The number of alkyl halides is 2. The molecule has 0 bridgehead atoms. The number of nitrogens with one attached hydrogen (secondary N) is 2. The third kappa shape index (κ3) is 5.20. The summed E-state index contributed by atoms with van der Waals surface area (Å²) in [5.41, 5.74) is 11.9. The van der Waals surface area contributed by atoms with Gasteiger partial charge in [-0.2, -0.15) is 18.9 Å². The fraction of sp³-hybridized carbons (Fsp3) is 0.421. The molecule has 0 aliphatic heterocycles. The molecule has 2 aromatic heterocycles. The number of amides is 1. The van der Waals surface area contributed by atoms with Crippen LogP contribution < -0.4 is 22.1 Å². The van der Waals surface area contributed by atoms with Crippen LogP contribution in [0.1, 0.15) is 44.2 Å². The van der Waals surface area contributed by atoms with E-state index in [2.05, 4.69) is 44.8 Å². The molecule has 31 heavy (non-hydrogen) atoms. The number of hydrogen-bond acceptors (Lipinski definition) is 8. The predicted octanol–water partition coefficient (Wildman–Crippen LogP) is 2.63.